The zero-order chi connectivity index (χ0) is 16.2. The number of para-hydroxylation sites is 1. The molecule has 7 heteroatoms. The third-order valence-corrected chi connectivity index (χ3v) is 4.81. The Morgan fingerprint density at radius 3 is 2.67 bits per heavy atom. The number of amides is 2. The quantitative estimate of drug-likeness (QED) is 0.820. The highest BCUT2D eigenvalue weighted by molar-refractivity contribution is 5.85. The number of nitrogens with two attached hydrogens (primary N) is 1. The van der Waals surface area contributed by atoms with Crippen LogP contribution in [-0.2, 0) is 9.59 Å². The third kappa shape index (κ3) is 4.39. The maximum Gasteiger partial charge on any atom is 0.258 e. The van der Waals surface area contributed by atoms with E-state index in [1.54, 1.807) is 12.1 Å². The second kappa shape index (κ2) is 8.35. The molecule has 3 rings (SSSR count). The van der Waals surface area contributed by atoms with Crippen molar-refractivity contribution in [3.63, 3.8) is 0 Å². The Morgan fingerprint density at radius 2 is 1.96 bits per heavy atom. The first-order valence-corrected chi connectivity index (χ1v) is 8.11. The van der Waals surface area contributed by atoms with Gasteiger partial charge in [-0.05, 0) is 36.8 Å². The molecule has 0 aromatic heterocycles. The molecule has 1 aliphatic carbocycles. The number of likely N-dealkylation sites (tertiary alicyclic amines) is 1. The summed E-state index contributed by atoms with van der Waals surface area (Å²) >= 11 is 0. The van der Waals surface area contributed by atoms with E-state index in [0.717, 1.165) is 25.9 Å². The fourth-order valence-electron chi connectivity index (χ4n) is 3.51. The Kier molecular flexibility index (Phi) is 6.45. The fourth-order valence-corrected chi connectivity index (χ4v) is 3.51. The molecule has 1 aliphatic heterocycles. The fraction of sp³-hybridized carbons (Fsp3) is 0.529. The molecule has 1 saturated heterocycles. The Labute approximate surface area is 148 Å². The lowest BCUT2D eigenvalue weighted by molar-refractivity contribution is -0.132. The van der Waals surface area contributed by atoms with E-state index >= 15 is 0 Å². The average Bonchev–Trinajstić information content (AvgIpc) is 3.14. The van der Waals surface area contributed by atoms with E-state index in [2.05, 4.69) is 5.32 Å². The summed E-state index contributed by atoms with van der Waals surface area (Å²) in [6, 6.07) is 9.34. The zero-order valence-corrected chi connectivity index (χ0v) is 14.3. The van der Waals surface area contributed by atoms with Crippen LogP contribution in [0.1, 0.15) is 12.8 Å². The Hall–Kier alpha value is -1.79. The van der Waals surface area contributed by atoms with Gasteiger partial charge in [-0.2, -0.15) is 0 Å². The molecule has 132 valence electrons. The third-order valence-electron chi connectivity index (χ3n) is 4.81. The van der Waals surface area contributed by atoms with Gasteiger partial charge in [-0.15, -0.1) is 12.4 Å². The van der Waals surface area contributed by atoms with Crippen LogP contribution in [0.5, 0.6) is 5.75 Å². The highest BCUT2D eigenvalue weighted by Gasteiger charge is 2.42. The molecule has 2 fully saturated rings. The van der Waals surface area contributed by atoms with Crippen LogP contribution < -0.4 is 15.8 Å². The molecule has 1 saturated carbocycles. The maximum atomic E-state index is 12.2. The summed E-state index contributed by atoms with van der Waals surface area (Å²) in [5, 5.41) is 2.62. The molecule has 3 N–H and O–H groups in total. The molecular formula is C17H24ClN3O3. The topological polar surface area (TPSA) is 84.7 Å². The first-order chi connectivity index (χ1) is 11.1. The van der Waals surface area contributed by atoms with Gasteiger partial charge in [-0.1, -0.05) is 18.2 Å². The highest BCUT2D eigenvalue weighted by atomic mass is 35.5. The van der Waals surface area contributed by atoms with E-state index in [1.807, 2.05) is 23.1 Å². The first-order valence-electron chi connectivity index (χ1n) is 8.11. The van der Waals surface area contributed by atoms with Crippen molar-refractivity contribution in [3.8, 4) is 5.75 Å². The largest absolute Gasteiger partial charge is 0.484 e. The van der Waals surface area contributed by atoms with Crippen LogP contribution in [0.2, 0.25) is 0 Å². The monoisotopic (exact) mass is 353 g/mol. The van der Waals surface area contributed by atoms with Gasteiger partial charge in [0.2, 0.25) is 5.91 Å². The SMILES string of the molecule is Cl.NC1CCC2CN(C(=O)CNC(=O)COc3ccccc3)CC12. The van der Waals surface area contributed by atoms with Crippen molar-refractivity contribution >= 4 is 24.2 Å². The Bertz CT molecular complexity index is 569. The Morgan fingerprint density at radius 1 is 1.21 bits per heavy atom. The van der Waals surface area contributed by atoms with Crippen molar-refractivity contribution in [2.24, 2.45) is 17.6 Å². The van der Waals surface area contributed by atoms with Crippen molar-refractivity contribution in [3.05, 3.63) is 30.3 Å². The number of hydrogen-bond donors (Lipinski definition) is 2. The van der Waals surface area contributed by atoms with Gasteiger partial charge in [-0.25, -0.2) is 0 Å². The molecule has 1 aromatic rings. The number of carbonyl (C=O) groups is 2. The lowest BCUT2D eigenvalue weighted by Crippen LogP contribution is -2.41. The molecule has 24 heavy (non-hydrogen) atoms. The minimum absolute atomic E-state index is 0. The van der Waals surface area contributed by atoms with Gasteiger partial charge in [0.05, 0.1) is 6.54 Å². The summed E-state index contributed by atoms with van der Waals surface area (Å²) in [5.74, 6) is 1.26. The standard InChI is InChI=1S/C17H23N3O3.ClH/c18-15-7-6-12-9-20(10-14(12)15)17(22)8-19-16(21)11-23-13-4-2-1-3-5-13;/h1-5,12,14-15H,6-11,18H2,(H,19,21);1H. The average molecular weight is 354 g/mol. The van der Waals surface area contributed by atoms with Crippen molar-refractivity contribution in [2.75, 3.05) is 26.2 Å². The van der Waals surface area contributed by atoms with Crippen LogP contribution >= 0.6 is 12.4 Å². The Balaban J connectivity index is 0.00000208. The van der Waals surface area contributed by atoms with Gasteiger partial charge in [0.25, 0.3) is 5.91 Å². The smallest absolute Gasteiger partial charge is 0.258 e. The van der Waals surface area contributed by atoms with Crippen LogP contribution in [0.3, 0.4) is 0 Å². The number of carbonyl (C=O) groups excluding carboxylic acids is 2. The maximum absolute atomic E-state index is 12.2. The molecule has 3 atom stereocenters. The van der Waals surface area contributed by atoms with Crippen LogP contribution in [0, 0.1) is 11.8 Å². The second-order valence-corrected chi connectivity index (χ2v) is 6.34. The minimum Gasteiger partial charge on any atom is -0.484 e. The molecule has 1 aromatic carbocycles. The van der Waals surface area contributed by atoms with E-state index < -0.39 is 0 Å². The van der Waals surface area contributed by atoms with Gasteiger partial charge in [0.15, 0.2) is 6.61 Å². The number of rotatable bonds is 5. The van der Waals surface area contributed by atoms with Gasteiger partial charge < -0.3 is 20.7 Å². The molecule has 0 radical (unpaired) electrons. The highest BCUT2D eigenvalue weighted by Crippen LogP contribution is 2.36. The van der Waals surface area contributed by atoms with E-state index in [9.17, 15) is 9.59 Å². The van der Waals surface area contributed by atoms with Crippen LogP contribution in [0.15, 0.2) is 30.3 Å². The van der Waals surface area contributed by atoms with Gasteiger partial charge in [0, 0.05) is 19.1 Å². The molecule has 0 spiro atoms. The summed E-state index contributed by atoms with van der Waals surface area (Å²) < 4.78 is 5.35. The zero-order valence-electron chi connectivity index (χ0n) is 13.5. The normalized spacial score (nSPS) is 24.9. The predicted octanol–water partition coefficient (Wildman–Crippen LogP) is 0.799. The van der Waals surface area contributed by atoms with Crippen molar-refractivity contribution in [2.45, 2.75) is 18.9 Å². The lowest BCUT2D eigenvalue weighted by Gasteiger charge is -2.19. The van der Waals surface area contributed by atoms with Crippen LogP contribution in [0.25, 0.3) is 0 Å². The number of fused-ring (bicyclic) bond motifs is 1. The number of benzene rings is 1. The summed E-state index contributed by atoms with van der Waals surface area (Å²) in [4.78, 5) is 25.8. The van der Waals surface area contributed by atoms with E-state index in [4.69, 9.17) is 10.5 Å². The van der Waals surface area contributed by atoms with Gasteiger partial charge in [0.1, 0.15) is 5.75 Å². The molecule has 6 nitrogen and oxygen atoms in total. The number of nitrogens with zero attached hydrogens (tertiary/aromatic N) is 1. The van der Waals surface area contributed by atoms with Crippen molar-refractivity contribution < 1.29 is 14.3 Å². The molecule has 2 amide bonds. The van der Waals surface area contributed by atoms with Crippen molar-refractivity contribution in [1.29, 1.82) is 0 Å². The number of ether oxygens (including phenoxy) is 1. The number of halogens is 1. The molecule has 2 aliphatic rings. The summed E-state index contributed by atoms with van der Waals surface area (Å²) in [6.07, 6.45) is 2.16. The molecule has 0 bridgehead atoms. The van der Waals surface area contributed by atoms with E-state index in [0.29, 0.717) is 17.6 Å². The summed E-state index contributed by atoms with van der Waals surface area (Å²) in [6.45, 7) is 1.42. The molecular weight excluding hydrogens is 330 g/mol. The van der Waals surface area contributed by atoms with Crippen molar-refractivity contribution in [1.82, 2.24) is 10.2 Å². The minimum atomic E-state index is -0.293. The van der Waals surface area contributed by atoms with Crippen LogP contribution in [-0.4, -0.2) is 49.0 Å². The molecule has 1 heterocycles. The molecule has 3 unspecified atom stereocenters. The lowest BCUT2D eigenvalue weighted by atomic mass is 9.98. The summed E-state index contributed by atoms with van der Waals surface area (Å²) in [5.41, 5.74) is 6.08. The van der Waals surface area contributed by atoms with E-state index in [1.165, 1.54) is 0 Å². The van der Waals surface area contributed by atoms with E-state index in [-0.39, 0.29) is 43.4 Å². The first kappa shape index (κ1) is 18.5. The predicted molar refractivity (Wildman–Crippen MR) is 93.0 cm³/mol. The van der Waals surface area contributed by atoms with Gasteiger partial charge >= 0.3 is 0 Å². The van der Waals surface area contributed by atoms with Crippen LogP contribution in [0.4, 0.5) is 0 Å². The number of hydrogen-bond acceptors (Lipinski definition) is 4. The van der Waals surface area contributed by atoms with Gasteiger partial charge in [-0.3, -0.25) is 9.59 Å². The number of nitrogens with one attached hydrogen (secondary N) is 1. The summed E-state index contributed by atoms with van der Waals surface area (Å²) in [7, 11) is 0. The second-order valence-electron chi connectivity index (χ2n) is 6.34.